The van der Waals surface area contributed by atoms with Gasteiger partial charge in [-0.05, 0) is 55.0 Å². The Morgan fingerprint density at radius 2 is 2.08 bits per heavy atom. The molecular weight excluding hydrogens is 336 g/mol. The zero-order chi connectivity index (χ0) is 17.8. The van der Waals surface area contributed by atoms with Crippen molar-refractivity contribution in [2.75, 3.05) is 19.0 Å². The number of nitriles is 1. The Morgan fingerprint density at radius 1 is 1.36 bits per heavy atom. The summed E-state index contributed by atoms with van der Waals surface area (Å²) in [7, 11) is 1.59. The van der Waals surface area contributed by atoms with Gasteiger partial charge in [0, 0.05) is 4.88 Å². The van der Waals surface area contributed by atoms with Gasteiger partial charge in [0.1, 0.15) is 22.6 Å². The highest BCUT2D eigenvalue weighted by Crippen LogP contribution is 2.39. The molecule has 1 aromatic carbocycles. The highest BCUT2D eigenvalue weighted by atomic mass is 32.1. The molecule has 0 saturated carbocycles. The lowest BCUT2D eigenvalue weighted by molar-refractivity contribution is -0.118. The van der Waals surface area contributed by atoms with Crippen molar-refractivity contribution in [3.05, 3.63) is 40.3 Å². The van der Waals surface area contributed by atoms with Crippen molar-refractivity contribution in [2.45, 2.75) is 26.2 Å². The molecule has 1 amide bonds. The van der Waals surface area contributed by atoms with E-state index >= 15 is 0 Å². The van der Waals surface area contributed by atoms with Crippen LogP contribution in [0.4, 0.5) is 5.00 Å². The molecule has 1 N–H and O–H groups in total. The van der Waals surface area contributed by atoms with Gasteiger partial charge in [-0.25, -0.2) is 0 Å². The number of hydrogen-bond donors (Lipinski definition) is 1. The SMILES string of the molecule is COc1ccc(OCC(=O)Nc2sc3c(c2C#N)CCC(C)C3)cc1. The monoisotopic (exact) mass is 356 g/mol. The smallest absolute Gasteiger partial charge is 0.262 e. The molecule has 0 fully saturated rings. The van der Waals surface area contributed by atoms with Crippen LogP contribution in [0.25, 0.3) is 0 Å². The van der Waals surface area contributed by atoms with E-state index in [1.54, 1.807) is 31.4 Å². The van der Waals surface area contributed by atoms with Crippen LogP contribution in [0.1, 0.15) is 29.3 Å². The van der Waals surface area contributed by atoms with Crippen molar-refractivity contribution in [2.24, 2.45) is 5.92 Å². The second kappa shape index (κ2) is 7.58. The third kappa shape index (κ3) is 3.94. The zero-order valence-corrected chi connectivity index (χ0v) is 15.1. The second-order valence-electron chi connectivity index (χ2n) is 6.18. The minimum Gasteiger partial charge on any atom is -0.497 e. The van der Waals surface area contributed by atoms with Crippen molar-refractivity contribution < 1.29 is 14.3 Å². The van der Waals surface area contributed by atoms with Gasteiger partial charge in [0.05, 0.1) is 12.7 Å². The van der Waals surface area contributed by atoms with Crippen molar-refractivity contribution in [3.8, 4) is 17.6 Å². The molecule has 1 atom stereocenters. The number of hydrogen-bond acceptors (Lipinski definition) is 5. The quantitative estimate of drug-likeness (QED) is 0.885. The first-order chi connectivity index (χ1) is 12.1. The summed E-state index contributed by atoms with van der Waals surface area (Å²) in [6.45, 7) is 2.12. The normalized spacial score (nSPS) is 15.8. The fourth-order valence-corrected chi connectivity index (χ4v) is 4.32. The molecule has 0 bridgehead atoms. The molecule has 1 aliphatic rings. The van der Waals surface area contributed by atoms with E-state index in [0.29, 0.717) is 22.2 Å². The van der Waals surface area contributed by atoms with E-state index in [9.17, 15) is 10.1 Å². The molecule has 130 valence electrons. The summed E-state index contributed by atoms with van der Waals surface area (Å²) in [6, 6.07) is 9.29. The number of nitrogens with zero attached hydrogens (tertiary/aromatic N) is 1. The van der Waals surface area contributed by atoms with Crippen LogP contribution in [0.15, 0.2) is 24.3 Å². The summed E-state index contributed by atoms with van der Waals surface area (Å²) in [6.07, 6.45) is 2.98. The Bertz CT molecular complexity index is 805. The zero-order valence-electron chi connectivity index (χ0n) is 14.3. The van der Waals surface area contributed by atoms with E-state index in [1.807, 2.05) is 0 Å². The van der Waals surface area contributed by atoms with Gasteiger partial charge >= 0.3 is 0 Å². The average Bonchev–Trinajstić information content (AvgIpc) is 2.96. The third-order valence-electron chi connectivity index (χ3n) is 4.31. The number of nitrogens with one attached hydrogen (secondary N) is 1. The molecule has 1 unspecified atom stereocenters. The van der Waals surface area contributed by atoms with Gasteiger partial charge in [-0.15, -0.1) is 11.3 Å². The molecule has 5 nitrogen and oxygen atoms in total. The van der Waals surface area contributed by atoms with Gasteiger partial charge in [-0.3, -0.25) is 4.79 Å². The predicted molar refractivity (Wildman–Crippen MR) is 97.3 cm³/mol. The molecule has 0 spiro atoms. The van der Waals surface area contributed by atoms with Crippen LogP contribution in [0.5, 0.6) is 11.5 Å². The Hall–Kier alpha value is -2.52. The van der Waals surface area contributed by atoms with Gasteiger partial charge in [0.25, 0.3) is 5.91 Å². The maximum Gasteiger partial charge on any atom is 0.262 e. The van der Waals surface area contributed by atoms with Crippen LogP contribution in [-0.2, 0) is 17.6 Å². The molecule has 1 heterocycles. The Balaban J connectivity index is 1.64. The fraction of sp³-hybridized carbons (Fsp3) is 0.368. The number of rotatable bonds is 5. The highest BCUT2D eigenvalue weighted by molar-refractivity contribution is 7.16. The Kier molecular flexibility index (Phi) is 5.25. The predicted octanol–water partition coefficient (Wildman–Crippen LogP) is 3.77. The largest absolute Gasteiger partial charge is 0.497 e. The lowest BCUT2D eigenvalue weighted by Crippen LogP contribution is -2.20. The third-order valence-corrected chi connectivity index (χ3v) is 5.48. The molecular formula is C19H20N2O3S. The molecule has 0 aliphatic heterocycles. The van der Waals surface area contributed by atoms with E-state index in [4.69, 9.17) is 9.47 Å². The Labute approximate surface area is 151 Å². The van der Waals surface area contributed by atoms with Gasteiger partial charge in [0.15, 0.2) is 6.61 Å². The maximum absolute atomic E-state index is 12.2. The minimum absolute atomic E-state index is 0.101. The van der Waals surface area contributed by atoms with E-state index in [-0.39, 0.29) is 12.5 Å². The summed E-state index contributed by atoms with van der Waals surface area (Å²) in [5.74, 6) is 1.68. The van der Waals surface area contributed by atoms with Crippen molar-refractivity contribution in [1.29, 1.82) is 5.26 Å². The van der Waals surface area contributed by atoms with Gasteiger partial charge in [0.2, 0.25) is 0 Å². The molecule has 3 rings (SSSR count). The molecule has 1 aliphatic carbocycles. The summed E-state index contributed by atoms with van der Waals surface area (Å²) in [5.41, 5.74) is 1.72. The lowest BCUT2D eigenvalue weighted by Gasteiger charge is -2.17. The summed E-state index contributed by atoms with van der Waals surface area (Å²) in [4.78, 5) is 13.4. The molecule has 1 aromatic heterocycles. The average molecular weight is 356 g/mol. The molecule has 6 heteroatoms. The van der Waals surface area contributed by atoms with Gasteiger partial charge in [-0.2, -0.15) is 5.26 Å². The maximum atomic E-state index is 12.2. The highest BCUT2D eigenvalue weighted by Gasteiger charge is 2.24. The number of amides is 1. The molecule has 2 aromatic rings. The standard InChI is InChI=1S/C19H20N2O3S/c1-12-3-8-15-16(10-20)19(25-17(15)9-12)21-18(22)11-24-14-6-4-13(23-2)5-7-14/h4-7,12H,3,8-9,11H2,1-2H3,(H,21,22). The fourth-order valence-electron chi connectivity index (χ4n) is 2.94. The molecule has 0 radical (unpaired) electrons. The van der Waals surface area contributed by atoms with E-state index in [0.717, 1.165) is 30.6 Å². The number of carbonyl (C=O) groups is 1. The topological polar surface area (TPSA) is 71.3 Å². The number of fused-ring (bicyclic) bond motifs is 1. The van der Waals surface area contributed by atoms with Crippen LogP contribution in [0.3, 0.4) is 0 Å². The number of methoxy groups -OCH3 is 1. The number of thiophene rings is 1. The van der Waals surface area contributed by atoms with E-state index in [2.05, 4.69) is 18.3 Å². The summed E-state index contributed by atoms with van der Waals surface area (Å²) < 4.78 is 10.6. The van der Waals surface area contributed by atoms with Crippen LogP contribution in [-0.4, -0.2) is 19.6 Å². The van der Waals surface area contributed by atoms with Crippen LogP contribution in [0.2, 0.25) is 0 Å². The first-order valence-electron chi connectivity index (χ1n) is 8.22. The number of carbonyl (C=O) groups excluding carboxylic acids is 1. The summed E-state index contributed by atoms with van der Waals surface area (Å²) >= 11 is 1.52. The Morgan fingerprint density at radius 3 is 2.76 bits per heavy atom. The number of anilines is 1. The molecule has 25 heavy (non-hydrogen) atoms. The van der Waals surface area contributed by atoms with Crippen LogP contribution in [0, 0.1) is 17.2 Å². The molecule has 0 saturated heterocycles. The van der Waals surface area contributed by atoms with Gasteiger partial charge < -0.3 is 14.8 Å². The lowest BCUT2D eigenvalue weighted by atomic mass is 9.89. The minimum atomic E-state index is -0.265. The van der Waals surface area contributed by atoms with Crippen molar-refractivity contribution in [3.63, 3.8) is 0 Å². The van der Waals surface area contributed by atoms with E-state index in [1.165, 1.54) is 16.2 Å². The van der Waals surface area contributed by atoms with E-state index < -0.39 is 0 Å². The summed E-state index contributed by atoms with van der Waals surface area (Å²) in [5, 5.41) is 12.9. The van der Waals surface area contributed by atoms with Crippen molar-refractivity contribution >= 4 is 22.2 Å². The second-order valence-corrected chi connectivity index (χ2v) is 7.29. The number of benzene rings is 1. The number of ether oxygens (including phenoxy) is 2. The first kappa shape index (κ1) is 17.3. The van der Waals surface area contributed by atoms with Crippen LogP contribution < -0.4 is 14.8 Å². The van der Waals surface area contributed by atoms with Gasteiger partial charge in [-0.1, -0.05) is 6.92 Å². The van der Waals surface area contributed by atoms with Crippen LogP contribution >= 0.6 is 11.3 Å². The van der Waals surface area contributed by atoms with Crippen molar-refractivity contribution in [1.82, 2.24) is 0 Å². The first-order valence-corrected chi connectivity index (χ1v) is 9.03.